The van der Waals surface area contributed by atoms with Gasteiger partial charge in [0.1, 0.15) is 11.8 Å². The van der Waals surface area contributed by atoms with Crippen LogP contribution in [0.15, 0.2) is 24.3 Å². The number of hydrogen-bond acceptors (Lipinski definition) is 4. The number of benzene rings is 1. The van der Waals surface area contributed by atoms with E-state index < -0.39 is 6.04 Å². The van der Waals surface area contributed by atoms with Crippen LogP contribution in [0.1, 0.15) is 25.8 Å². The van der Waals surface area contributed by atoms with Crippen molar-refractivity contribution in [1.82, 2.24) is 10.6 Å². The highest BCUT2D eigenvalue weighted by molar-refractivity contribution is 5.87. The molecule has 1 unspecified atom stereocenters. The summed E-state index contributed by atoms with van der Waals surface area (Å²) in [5, 5.41) is 5.31. The van der Waals surface area contributed by atoms with E-state index in [4.69, 9.17) is 10.5 Å². The van der Waals surface area contributed by atoms with Gasteiger partial charge in [-0.05, 0) is 19.4 Å². The molecular formula is C15H23N3O3. The standard InChI is InChI=1S/C15H23N3O3/c1-3-8-17-15(20)11(2)18-14(19)10-21-13-7-5-4-6-12(13)9-16/h4-7,11H,3,8-10,16H2,1-2H3,(H,17,20)(H,18,19). The molecule has 0 spiro atoms. The molecule has 0 aliphatic rings. The second-order valence-electron chi connectivity index (χ2n) is 4.68. The van der Waals surface area contributed by atoms with Crippen LogP contribution in [-0.2, 0) is 16.1 Å². The summed E-state index contributed by atoms with van der Waals surface area (Å²) < 4.78 is 5.43. The first-order chi connectivity index (χ1) is 10.1. The lowest BCUT2D eigenvalue weighted by molar-refractivity contribution is -0.129. The number of ether oxygens (including phenoxy) is 1. The second-order valence-corrected chi connectivity index (χ2v) is 4.68. The maximum absolute atomic E-state index is 11.8. The zero-order chi connectivity index (χ0) is 15.7. The number of nitrogens with two attached hydrogens (primary N) is 1. The van der Waals surface area contributed by atoms with E-state index in [1.807, 2.05) is 25.1 Å². The molecule has 1 rings (SSSR count). The van der Waals surface area contributed by atoms with Crippen molar-refractivity contribution in [3.8, 4) is 5.75 Å². The van der Waals surface area contributed by atoms with Crippen molar-refractivity contribution in [3.63, 3.8) is 0 Å². The van der Waals surface area contributed by atoms with Crippen LogP contribution in [0.25, 0.3) is 0 Å². The summed E-state index contributed by atoms with van der Waals surface area (Å²) in [6, 6.07) is 6.68. The number of para-hydroxylation sites is 1. The zero-order valence-electron chi connectivity index (χ0n) is 12.5. The van der Waals surface area contributed by atoms with Crippen molar-refractivity contribution in [2.24, 2.45) is 5.73 Å². The molecule has 21 heavy (non-hydrogen) atoms. The normalized spacial score (nSPS) is 11.6. The van der Waals surface area contributed by atoms with Crippen LogP contribution >= 0.6 is 0 Å². The maximum atomic E-state index is 11.8. The molecule has 0 saturated carbocycles. The number of carbonyl (C=O) groups excluding carboxylic acids is 2. The van der Waals surface area contributed by atoms with Crippen LogP contribution < -0.4 is 21.1 Å². The molecule has 0 heterocycles. The smallest absolute Gasteiger partial charge is 0.258 e. The lowest BCUT2D eigenvalue weighted by Crippen LogP contribution is -2.46. The second kappa shape index (κ2) is 8.97. The highest BCUT2D eigenvalue weighted by atomic mass is 16.5. The van der Waals surface area contributed by atoms with Crippen LogP contribution in [-0.4, -0.2) is 31.0 Å². The average molecular weight is 293 g/mol. The molecule has 1 atom stereocenters. The molecule has 0 aliphatic heterocycles. The van der Waals surface area contributed by atoms with Gasteiger partial charge in [0.25, 0.3) is 5.91 Å². The molecule has 0 radical (unpaired) electrons. The highest BCUT2D eigenvalue weighted by Gasteiger charge is 2.15. The topological polar surface area (TPSA) is 93.5 Å². The molecule has 6 heteroatoms. The lowest BCUT2D eigenvalue weighted by atomic mass is 10.2. The van der Waals surface area contributed by atoms with Gasteiger partial charge in [-0.15, -0.1) is 0 Å². The van der Waals surface area contributed by atoms with Gasteiger partial charge in [0.05, 0.1) is 0 Å². The summed E-state index contributed by atoms with van der Waals surface area (Å²) in [7, 11) is 0. The van der Waals surface area contributed by atoms with Crippen LogP contribution in [0.3, 0.4) is 0 Å². The Bertz CT molecular complexity index is 477. The van der Waals surface area contributed by atoms with Crippen molar-refractivity contribution < 1.29 is 14.3 Å². The Labute approximate surface area is 125 Å². The average Bonchev–Trinajstić information content (AvgIpc) is 2.50. The Hall–Kier alpha value is -2.08. The van der Waals surface area contributed by atoms with Crippen molar-refractivity contribution in [3.05, 3.63) is 29.8 Å². The third-order valence-electron chi connectivity index (χ3n) is 2.87. The first kappa shape index (κ1) is 17.0. The Morgan fingerprint density at radius 2 is 2.05 bits per heavy atom. The SMILES string of the molecule is CCCNC(=O)C(C)NC(=O)COc1ccccc1CN. The Kier molecular flexibility index (Phi) is 7.25. The molecule has 1 aromatic carbocycles. The minimum Gasteiger partial charge on any atom is -0.483 e. The van der Waals surface area contributed by atoms with Gasteiger partial charge in [0.2, 0.25) is 5.91 Å². The highest BCUT2D eigenvalue weighted by Crippen LogP contribution is 2.16. The molecular weight excluding hydrogens is 270 g/mol. The van der Waals surface area contributed by atoms with Crippen LogP contribution in [0.5, 0.6) is 5.75 Å². The quantitative estimate of drug-likeness (QED) is 0.652. The van der Waals surface area contributed by atoms with Crippen molar-refractivity contribution in [2.45, 2.75) is 32.9 Å². The van der Waals surface area contributed by atoms with Gasteiger partial charge in [-0.1, -0.05) is 25.1 Å². The molecule has 6 nitrogen and oxygen atoms in total. The van der Waals surface area contributed by atoms with E-state index >= 15 is 0 Å². The largest absolute Gasteiger partial charge is 0.483 e. The molecule has 0 aliphatic carbocycles. The Morgan fingerprint density at radius 3 is 2.71 bits per heavy atom. The molecule has 2 amide bonds. The Morgan fingerprint density at radius 1 is 1.33 bits per heavy atom. The van der Waals surface area contributed by atoms with E-state index in [1.54, 1.807) is 13.0 Å². The van der Waals surface area contributed by atoms with E-state index in [1.165, 1.54) is 0 Å². The fraction of sp³-hybridized carbons (Fsp3) is 0.467. The van der Waals surface area contributed by atoms with E-state index in [0.29, 0.717) is 18.8 Å². The summed E-state index contributed by atoms with van der Waals surface area (Å²) in [5.41, 5.74) is 6.42. The minimum absolute atomic E-state index is 0.150. The predicted octanol–water partition coefficient (Wildman–Crippen LogP) is 0.555. The molecule has 0 bridgehead atoms. The number of carbonyl (C=O) groups is 2. The van der Waals surface area contributed by atoms with Gasteiger partial charge >= 0.3 is 0 Å². The number of hydrogen-bond donors (Lipinski definition) is 3. The summed E-state index contributed by atoms with van der Waals surface area (Å²) in [6.45, 7) is 4.39. The number of nitrogens with one attached hydrogen (secondary N) is 2. The van der Waals surface area contributed by atoms with E-state index in [9.17, 15) is 9.59 Å². The van der Waals surface area contributed by atoms with Crippen molar-refractivity contribution in [1.29, 1.82) is 0 Å². The number of amides is 2. The fourth-order valence-electron chi connectivity index (χ4n) is 1.71. The maximum Gasteiger partial charge on any atom is 0.258 e. The van der Waals surface area contributed by atoms with Gasteiger partial charge in [-0.2, -0.15) is 0 Å². The van der Waals surface area contributed by atoms with Crippen LogP contribution in [0.2, 0.25) is 0 Å². The first-order valence-electron chi connectivity index (χ1n) is 7.06. The molecule has 116 valence electrons. The first-order valence-corrected chi connectivity index (χ1v) is 7.06. The van der Waals surface area contributed by atoms with E-state index in [-0.39, 0.29) is 18.4 Å². The van der Waals surface area contributed by atoms with Gasteiger partial charge in [-0.3, -0.25) is 9.59 Å². The van der Waals surface area contributed by atoms with Gasteiger partial charge < -0.3 is 21.1 Å². The summed E-state index contributed by atoms with van der Waals surface area (Å²) in [4.78, 5) is 23.4. The summed E-state index contributed by atoms with van der Waals surface area (Å²) >= 11 is 0. The van der Waals surface area contributed by atoms with Crippen LogP contribution in [0.4, 0.5) is 0 Å². The Balaban J connectivity index is 2.42. The van der Waals surface area contributed by atoms with Crippen molar-refractivity contribution >= 4 is 11.8 Å². The molecule has 0 aromatic heterocycles. The summed E-state index contributed by atoms with van der Waals surface area (Å²) in [5.74, 6) is 0.0340. The molecule has 4 N–H and O–H groups in total. The molecule has 1 aromatic rings. The summed E-state index contributed by atoms with van der Waals surface area (Å²) in [6.07, 6.45) is 0.853. The molecule has 0 saturated heterocycles. The predicted molar refractivity (Wildman–Crippen MR) is 80.7 cm³/mol. The molecule has 0 fully saturated rings. The third kappa shape index (κ3) is 5.83. The third-order valence-corrected chi connectivity index (χ3v) is 2.87. The minimum atomic E-state index is -0.586. The lowest BCUT2D eigenvalue weighted by Gasteiger charge is -2.15. The van der Waals surface area contributed by atoms with E-state index in [2.05, 4.69) is 10.6 Å². The zero-order valence-corrected chi connectivity index (χ0v) is 12.5. The van der Waals surface area contributed by atoms with Crippen LogP contribution in [0, 0.1) is 0 Å². The van der Waals surface area contributed by atoms with Crippen molar-refractivity contribution in [2.75, 3.05) is 13.2 Å². The van der Waals surface area contributed by atoms with E-state index in [0.717, 1.165) is 12.0 Å². The van der Waals surface area contributed by atoms with Gasteiger partial charge in [0, 0.05) is 18.7 Å². The van der Waals surface area contributed by atoms with Gasteiger partial charge in [0.15, 0.2) is 6.61 Å². The monoisotopic (exact) mass is 293 g/mol. The number of rotatable bonds is 8. The van der Waals surface area contributed by atoms with Gasteiger partial charge in [-0.25, -0.2) is 0 Å². The fourth-order valence-corrected chi connectivity index (χ4v) is 1.71.